The molecule has 0 aromatic heterocycles. The Labute approximate surface area is 230 Å². The van der Waals surface area contributed by atoms with Crippen LogP contribution in [0, 0.1) is 47.3 Å². The lowest BCUT2D eigenvalue weighted by molar-refractivity contribution is 0.152. The van der Waals surface area contributed by atoms with Crippen LogP contribution in [0.15, 0.2) is 0 Å². The maximum Gasteiger partial charge on any atom is -0.0411 e. The zero-order valence-corrected chi connectivity index (χ0v) is 26.2. The second kappa shape index (κ2) is 19.1. The Morgan fingerprint density at radius 3 is 0.917 bits per heavy atom. The van der Waals surface area contributed by atoms with Crippen LogP contribution < -0.4 is 0 Å². The van der Waals surface area contributed by atoms with Gasteiger partial charge in [0.15, 0.2) is 0 Å². The second-order valence-electron chi connectivity index (χ2n) is 13.6. The highest BCUT2D eigenvalue weighted by Gasteiger charge is 2.30. The average molecular weight is 503 g/mol. The van der Waals surface area contributed by atoms with Gasteiger partial charge in [-0.2, -0.15) is 0 Å². The molecule has 214 valence electrons. The third-order valence-corrected chi connectivity index (χ3v) is 11.0. The van der Waals surface area contributed by atoms with Gasteiger partial charge < -0.3 is 0 Å². The van der Waals surface area contributed by atoms with Crippen LogP contribution in [0.2, 0.25) is 0 Å². The van der Waals surface area contributed by atoms with E-state index < -0.39 is 0 Å². The van der Waals surface area contributed by atoms with Gasteiger partial charge in [-0.25, -0.2) is 0 Å². The van der Waals surface area contributed by atoms with E-state index in [-0.39, 0.29) is 0 Å². The van der Waals surface area contributed by atoms with E-state index in [0.29, 0.717) is 0 Å². The monoisotopic (exact) mass is 503 g/mol. The lowest BCUT2D eigenvalue weighted by Crippen LogP contribution is -2.24. The lowest BCUT2D eigenvalue weighted by atomic mass is 9.69. The van der Waals surface area contributed by atoms with Gasteiger partial charge in [-0.05, 0) is 66.6 Å². The highest BCUT2D eigenvalue weighted by molar-refractivity contribution is 4.82. The molecule has 0 aromatic rings. The van der Waals surface area contributed by atoms with Crippen molar-refractivity contribution in [3.05, 3.63) is 0 Å². The van der Waals surface area contributed by atoms with Crippen molar-refractivity contribution in [2.45, 2.75) is 183 Å². The Hall–Kier alpha value is 0. The molecule has 0 heteroatoms. The number of rotatable bonds is 9. The van der Waals surface area contributed by atoms with Gasteiger partial charge >= 0.3 is 0 Å². The van der Waals surface area contributed by atoms with Crippen LogP contribution in [-0.2, 0) is 0 Å². The van der Waals surface area contributed by atoms with E-state index >= 15 is 0 Å². The molecule has 0 atom stereocenters. The van der Waals surface area contributed by atoms with Gasteiger partial charge in [0.2, 0.25) is 0 Å². The molecule has 0 nitrogen and oxygen atoms in total. The smallest absolute Gasteiger partial charge is 0.0411 e. The van der Waals surface area contributed by atoms with Crippen molar-refractivity contribution in [2.75, 3.05) is 0 Å². The third kappa shape index (κ3) is 11.8. The van der Waals surface area contributed by atoms with Gasteiger partial charge in [-0.3, -0.25) is 0 Å². The summed E-state index contributed by atoms with van der Waals surface area (Å²) in [4.78, 5) is 0. The zero-order chi connectivity index (χ0) is 26.2. The molecule has 0 heterocycles. The minimum absolute atomic E-state index is 1.02. The third-order valence-electron chi connectivity index (χ3n) is 11.0. The van der Waals surface area contributed by atoms with E-state index in [2.05, 4.69) is 13.8 Å². The summed E-state index contributed by atoms with van der Waals surface area (Å²) in [5, 5.41) is 0. The van der Waals surface area contributed by atoms with Crippen LogP contribution >= 0.6 is 0 Å². The van der Waals surface area contributed by atoms with Gasteiger partial charge in [-0.15, -0.1) is 0 Å². The molecule has 0 N–H and O–H groups in total. The Balaban J connectivity index is 0.00000109. The number of hydrogen-bond donors (Lipinski definition) is 0. The van der Waals surface area contributed by atoms with Crippen LogP contribution in [-0.4, -0.2) is 0 Å². The first-order valence-corrected chi connectivity index (χ1v) is 17.7. The Morgan fingerprint density at radius 2 is 0.639 bits per heavy atom. The van der Waals surface area contributed by atoms with Crippen molar-refractivity contribution in [3.63, 3.8) is 0 Å². The van der Waals surface area contributed by atoms with Crippen LogP contribution in [0.5, 0.6) is 0 Å². The first-order chi connectivity index (χ1) is 17.7. The molecule has 4 rings (SSSR count). The minimum atomic E-state index is 1.02. The molecule has 0 aromatic carbocycles. The molecule has 0 spiro atoms. The van der Waals surface area contributed by atoms with Crippen LogP contribution in [0.25, 0.3) is 0 Å². The average Bonchev–Trinajstić information content (AvgIpc) is 2.94. The fourth-order valence-corrected chi connectivity index (χ4v) is 8.63. The molecule has 36 heavy (non-hydrogen) atoms. The number of unbranched alkanes of at least 4 members (excludes halogenated alkanes) is 1. The van der Waals surface area contributed by atoms with Gasteiger partial charge in [0.1, 0.15) is 0 Å². The molecule has 0 bridgehead atoms. The zero-order valence-electron chi connectivity index (χ0n) is 26.2. The van der Waals surface area contributed by atoms with Crippen molar-refractivity contribution in [2.24, 2.45) is 47.3 Å². The highest BCUT2D eigenvalue weighted by atomic mass is 14.4. The van der Waals surface area contributed by atoms with Crippen LogP contribution in [0.3, 0.4) is 0 Å². The molecule has 4 aliphatic carbocycles. The SMILES string of the molecule is CC.CC.CCCCC1CCC(CC2CCC(CC3CCC(CC4CCC(C)CC4)CC3)CC2)CC1. The van der Waals surface area contributed by atoms with Crippen molar-refractivity contribution in [1.29, 1.82) is 0 Å². The van der Waals surface area contributed by atoms with E-state index in [0.717, 1.165) is 47.3 Å². The van der Waals surface area contributed by atoms with E-state index in [1.807, 2.05) is 27.7 Å². The topological polar surface area (TPSA) is 0 Å². The van der Waals surface area contributed by atoms with E-state index in [4.69, 9.17) is 0 Å². The Kier molecular flexibility index (Phi) is 17.1. The normalized spacial score (nSPS) is 37.2. The maximum atomic E-state index is 2.47. The summed E-state index contributed by atoms with van der Waals surface area (Å²) in [6, 6.07) is 0. The van der Waals surface area contributed by atoms with Crippen LogP contribution in [0.4, 0.5) is 0 Å². The molecular weight excluding hydrogens is 432 g/mol. The molecular formula is C36H70. The first kappa shape index (κ1) is 32.2. The first-order valence-electron chi connectivity index (χ1n) is 17.7. The van der Waals surface area contributed by atoms with Crippen molar-refractivity contribution >= 4 is 0 Å². The number of hydrogen-bond acceptors (Lipinski definition) is 0. The molecule has 0 unspecified atom stereocenters. The Morgan fingerprint density at radius 1 is 0.389 bits per heavy atom. The molecule has 4 fully saturated rings. The summed E-state index contributed by atoms with van der Waals surface area (Å²) in [7, 11) is 0. The minimum Gasteiger partial charge on any atom is -0.0683 e. The summed E-state index contributed by atoms with van der Waals surface area (Å²) in [5.74, 6) is 8.67. The molecule has 0 aliphatic heterocycles. The molecule has 0 radical (unpaired) electrons. The summed E-state index contributed by atoms with van der Waals surface area (Å²) >= 11 is 0. The largest absolute Gasteiger partial charge is 0.0683 e. The maximum absolute atomic E-state index is 2.47. The standard InChI is InChI=1S/C32H58.2C2H6/c1-3-4-5-26-10-12-28(13-11-26)23-30-18-20-32(21-19-30)24-31-16-14-29(15-17-31)22-27-8-6-25(2)7-9-27;2*1-2/h25-32H,3-24H2,1-2H3;2*1-2H3. The quantitative estimate of drug-likeness (QED) is 0.294. The second-order valence-corrected chi connectivity index (χ2v) is 13.6. The fraction of sp³-hybridized carbons (Fsp3) is 1.00. The van der Waals surface area contributed by atoms with Gasteiger partial charge in [-0.1, -0.05) is 164 Å². The van der Waals surface area contributed by atoms with E-state index in [9.17, 15) is 0 Å². The molecule has 4 aliphatic rings. The van der Waals surface area contributed by atoms with Gasteiger partial charge in [0, 0.05) is 0 Å². The van der Waals surface area contributed by atoms with Crippen molar-refractivity contribution in [3.8, 4) is 0 Å². The summed E-state index contributed by atoms with van der Waals surface area (Å²) in [6.07, 6.45) is 34.2. The lowest BCUT2D eigenvalue weighted by Gasteiger charge is -2.37. The summed E-state index contributed by atoms with van der Waals surface area (Å²) in [5.41, 5.74) is 0. The molecule has 0 amide bonds. The highest BCUT2D eigenvalue weighted by Crippen LogP contribution is 2.44. The van der Waals surface area contributed by atoms with Crippen molar-refractivity contribution < 1.29 is 0 Å². The van der Waals surface area contributed by atoms with E-state index in [1.165, 1.54) is 32.1 Å². The van der Waals surface area contributed by atoms with Gasteiger partial charge in [0.25, 0.3) is 0 Å². The molecule has 0 saturated heterocycles. The molecule has 4 saturated carbocycles. The predicted octanol–water partition coefficient (Wildman–Crippen LogP) is 12.6. The van der Waals surface area contributed by atoms with Crippen molar-refractivity contribution in [1.82, 2.24) is 0 Å². The summed E-state index contributed by atoms with van der Waals surface area (Å²) < 4.78 is 0. The predicted molar refractivity (Wildman–Crippen MR) is 164 cm³/mol. The van der Waals surface area contributed by atoms with Crippen LogP contribution in [0.1, 0.15) is 183 Å². The van der Waals surface area contributed by atoms with Gasteiger partial charge in [0.05, 0.1) is 0 Å². The Bertz CT molecular complexity index is 476. The fourth-order valence-electron chi connectivity index (χ4n) is 8.63. The summed E-state index contributed by atoms with van der Waals surface area (Å²) in [6.45, 7) is 12.8. The van der Waals surface area contributed by atoms with E-state index in [1.54, 1.807) is 109 Å².